The Morgan fingerprint density at radius 2 is 2.10 bits per heavy atom. The van der Waals surface area contributed by atoms with E-state index >= 15 is 0 Å². The summed E-state index contributed by atoms with van der Waals surface area (Å²) in [6.45, 7) is 0.379. The van der Waals surface area contributed by atoms with Gasteiger partial charge in [0.15, 0.2) is 6.61 Å². The van der Waals surface area contributed by atoms with Gasteiger partial charge in [-0.15, -0.1) is 12.4 Å². The summed E-state index contributed by atoms with van der Waals surface area (Å²) in [5.74, 6) is -0.230. The third kappa shape index (κ3) is 7.20. The van der Waals surface area contributed by atoms with Crippen molar-refractivity contribution in [2.75, 3.05) is 6.61 Å². The Morgan fingerprint density at radius 1 is 1.45 bits per heavy atom. The summed E-state index contributed by atoms with van der Waals surface area (Å²) in [5, 5.41) is 2.56. The number of hydrogen-bond donors (Lipinski definition) is 2. The Bertz CT molecular complexity index is 439. The molecule has 1 aromatic rings. The second kappa shape index (κ2) is 7.96. The van der Waals surface area contributed by atoms with Crippen LogP contribution < -0.4 is 15.8 Å². The number of nitrogens with one attached hydrogen (secondary N) is 1. The fourth-order valence-corrected chi connectivity index (χ4v) is 1.26. The predicted molar refractivity (Wildman–Crippen MR) is 70.7 cm³/mol. The van der Waals surface area contributed by atoms with Gasteiger partial charge in [0, 0.05) is 6.54 Å². The summed E-state index contributed by atoms with van der Waals surface area (Å²) in [4.78, 5) is 11.2. The Hall–Kier alpha value is -1.47. The van der Waals surface area contributed by atoms with Gasteiger partial charge < -0.3 is 15.8 Å². The maximum Gasteiger partial charge on any atom is 0.422 e. The molecule has 3 N–H and O–H groups in total. The topological polar surface area (TPSA) is 64.4 Å². The number of benzene rings is 1. The highest BCUT2D eigenvalue weighted by Gasteiger charge is 2.28. The predicted octanol–water partition coefficient (Wildman–Crippen LogP) is 2.01. The minimum atomic E-state index is -4.38. The van der Waals surface area contributed by atoms with E-state index in [2.05, 4.69) is 10.1 Å². The molecule has 1 atom stereocenters. The maximum atomic E-state index is 12.0. The second-order valence-corrected chi connectivity index (χ2v) is 4.06. The van der Waals surface area contributed by atoms with Crippen molar-refractivity contribution < 1.29 is 22.7 Å². The smallest absolute Gasteiger partial charge is 0.422 e. The fraction of sp³-hybridized carbons (Fsp3) is 0.417. The lowest BCUT2D eigenvalue weighted by Gasteiger charge is -2.11. The molecule has 0 unspecified atom stereocenters. The first kappa shape index (κ1) is 18.5. The van der Waals surface area contributed by atoms with Gasteiger partial charge in [0.2, 0.25) is 5.91 Å². The van der Waals surface area contributed by atoms with Crippen LogP contribution in [0.3, 0.4) is 0 Å². The molecular weight excluding hydrogens is 297 g/mol. The molecule has 1 aromatic carbocycles. The average molecular weight is 313 g/mol. The second-order valence-electron chi connectivity index (χ2n) is 4.06. The van der Waals surface area contributed by atoms with Crippen molar-refractivity contribution >= 4 is 18.3 Å². The van der Waals surface area contributed by atoms with Crippen LogP contribution in [0.2, 0.25) is 0 Å². The number of halogens is 4. The van der Waals surface area contributed by atoms with Crippen LogP contribution in [0.5, 0.6) is 5.75 Å². The number of carbonyl (C=O) groups is 1. The van der Waals surface area contributed by atoms with E-state index in [0.717, 1.165) is 0 Å². The Labute approximate surface area is 120 Å². The van der Waals surface area contributed by atoms with E-state index < -0.39 is 18.8 Å². The van der Waals surface area contributed by atoms with Crippen molar-refractivity contribution in [1.29, 1.82) is 0 Å². The number of alkyl halides is 3. The molecule has 20 heavy (non-hydrogen) atoms. The molecule has 0 radical (unpaired) electrons. The molecule has 0 fully saturated rings. The molecule has 0 aliphatic heterocycles. The lowest BCUT2D eigenvalue weighted by Crippen LogP contribution is -2.37. The van der Waals surface area contributed by atoms with Crippen molar-refractivity contribution in [3.8, 4) is 5.75 Å². The molecule has 4 nitrogen and oxygen atoms in total. The number of nitrogens with two attached hydrogens (primary N) is 1. The maximum absolute atomic E-state index is 12.0. The standard InChI is InChI=1S/C12H15F3N2O2.ClH/c1-8(16)11(18)17-6-9-3-2-4-10(5-9)19-7-12(13,14)15;/h2-5,8H,6-7,16H2,1H3,(H,17,18);1H/t8-;/m1./s1. The van der Waals surface area contributed by atoms with Crippen molar-refractivity contribution in [3.05, 3.63) is 29.8 Å². The molecule has 1 amide bonds. The Balaban J connectivity index is 0.00000361. The molecule has 0 aliphatic carbocycles. The van der Waals surface area contributed by atoms with Crippen molar-refractivity contribution in [2.24, 2.45) is 5.73 Å². The normalized spacial score (nSPS) is 12.2. The van der Waals surface area contributed by atoms with E-state index in [1.54, 1.807) is 12.1 Å². The number of amides is 1. The lowest BCUT2D eigenvalue weighted by atomic mass is 10.2. The summed E-state index contributed by atoms with van der Waals surface area (Å²) >= 11 is 0. The highest BCUT2D eigenvalue weighted by molar-refractivity contribution is 5.85. The zero-order valence-electron chi connectivity index (χ0n) is 10.7. The molecule has 0 bridgehead atoms. The highest BCUT2D eigenvalue weighted by Crippen LogP contribution is 2.19. The summed E-state index contributed by atoms with van der Waals surface area (Å²) < 4.78 is 40.6. The van der Waals surface area contributed by atoms with Crippen LogP contribution in [0, 0.1) is 0 Å². The molecule has 114 valence electrons. The first-order chi connectivity index (χ1) is 8.78. The van der Waals surface area contributed by atoms with E-state index in [-0.39, 0.29) is 30.6 Å². The molecule has 0 heterocycles. The molecular formula is C12H16ClF3N2O2. The molecule has 8 heteroatoms. The van der Waals surface area contributed by atoms with Gasteiger partial charge >= 0.3 is 6.18 Å². The first-order valence-electron chi connectivity index (χ1n) is 5.60. The van der Waals surface area contributed by atoms with Gasteiger partial charge in [-0.1, -0.05) is 12.1 Å². The fourth-order valence-electron chi connectivity index (χ4n) is 1.26. The van der Waals surface area contributed by atoms with E-state index in [1.165, 1.54) is 19.1 Å². The van der Waals surface area contributed by atoms with Crippen molar-refractivity contribution in [1.82, 2.24) is 5.32 Å². The van der Waals surface area contributed by atoms with E-state index in [4.69, 9.17) is 5.73 Å². The first-order valence-corrected chi connectivity index (χ1v) is 5.60. The van der Waals surface area contributed by atoms with Crippen molar-refractivity contribution in [2.45, 2.75) is 25.7 Å². The van der Waals surface area contributed by atoms with Crippen molar-refractivity contribution in [3.63, 3.8) is 0 Å². The van der Waals surface area contributed by atoms with Crippen LogP contribution in [-0.2, 0) is 11.3 Å². The molecule has 0 spiro atoms. The van der Waals surface area contributed by atoms with Gasteiger partial charge in [-0.3, -0.25) is 4.79 Å². The third-order valence-corrected chi connectivity index (χ3v) is 2.18. The SMILES string of the molecule is C[C@@H](N)C(=O)NCc1cccc(OCC(F)(F)F)c1.Cl. The average Bonchev–Trinajstić information content (AvgIpc) is 2.33. The zero-order chi connectivity index (χ0) is 14.5. The Morgan fingerprint density at radius 3 is 2.65 bits per heavy atom. The largest absolute Gasteiger partial charge is 0.484 e. The van der Waals surface area contributed by atoms with E-state index in [1.807, 2.05) is 0 Å². The van der Waals surface area contributed by atoms with Gasteiger partial charge in [0.25, 0.3) is 0 Å². The Kier molecular flexibility index (Phi) is 7.38. The monoisotopic (exact) mass is 312 g/mol. The van der Waals surface area contributed by atoms with Gasteiger partial charge in [-0.25, -0.2) is 0 Å². The van der Waals surface area contributed by atoms with Crippen LogP contribution in [0.1, 0.15) is 12.5 Å². The minimum absolute atomic E-state index is 0. The number of carbonyl (C=O) groups excluding carboxylic acids is 1. The summed E-state index contributed by atoms with van der Waals surface area (Å²) in [5.41, 5.74) is 6.00. The van der Waals surface area contributed by atoms with E-state index in [0.29, 0.717) is 5.56 Å². The minimum Gasteiger partial charge on any atom is -0.484 e. The number of rotatable bonds is 5. The van der Waals surface area contributed by atoms with E-state index in [9.17, 15) is 18.0 Å². The molecule has 1 rings (SSSR count). The quantitative estimate of drug-likeness (QED) is 0.874. The van der Waals surface area contributed by atoms with Crippen LogP contribution in [-0.4, -0.2) is 24.7 Å². The molecule has 0 saturated heterocycles. The third-order valence-electron chi connectivity index (χ3n) is 2.18. The molecule has 0 saturated carbocycles. The zero-order valence-corrected chi connectivity index (χ0v) is 11.6. The number of ether oxygens (including phenoxy) is 1. The van der Waals surface area contributed by atoms with Gasteiger partial charge in [0.05, 0.1) is 6.04 Å². The van der Waals surface area contributed by atoms with Gasteiger partial charge in [-0.05, 0) is 24.6 Å². The van der Waals surface area contributed by atoms with Gasteiger partial charge in [-0.2, -0.15) is 13.2 Å². The summed E-state index contributed by atoms with van der Waals surface area (Å²) in [6.07, 6.45) is -4.38. The summed E-state index contributed by atoms with van der Waals surface area (Å²) in [6, 6.07) is 5.45. The number of hydrogen-bond acceptors (Lipinski definition) is 3. The molecule has 0 aromatic heterocycles. The highest BCUT2D eigenvalue weighted by atomic mass is 35.5. The molecule has 0 aliphatic rings. The van der Waals surface area contributed by atoms with Gasteiger partial charge in [0.1, 0.15) is 5.75 Å². The van der Waals surface area contributed by atoms with Crippen LogP contribution in [0.25, 0.3) is 0 Å². The lowest BCUT2D eigenvalue weighted by molar-refractivity contribution is -0.153. The van der Waals surface area contributed by atoms with Crippen LogP contribution in [0.4, 0.5) is 13.2 Å². The van der Waals surface area contributed by atoms with Crippen LogP contribution in [0.15, 0.2) is 24.3 Å². The van der Waals surface area contributed by atoms with Crippen LogP contribution >= 0.6 is 12.4 Å². The summed E-state index contributed by atoms with van der Waals surface area (Å²) in [7, 11) is 0.